The summed E-state index contributed by atoms with van der Waals surface area (Å²) in [6.45, 7) is 0. The van der Waals surface area contributed by atoms with Crippen LogP contribution in [0.15, 0.2) is 24.4 Å². The Morgan fingerprint density at radius 2 is 2.33 bits per heavy atom. The van der Waals surface area contributed by atoms with E-state index in [1.807, 2.05) is 24.4 Å². The first-order chi connectivity index (χ1) is 4.43. The number of pyridine rings is 1. The van der Waals surface area contributed by atoms with Gasteiger partial charge in [-0.2, -0.15) is 0 Å². The summed E-state index contributed by atoms with van der Waals surface area (Å²) in [5.74, 6) is 0. The summed E-state index contributed by atoms with van der Waals surface area (Å²) < 4.78 is 0. The minimum absolute atomic E-state index is 1.07. The number of hydrogen-bond acceptors (Lipinski definition) is 1. The zero-order chi connectivity index (χ0) is 6.53. The monoisotopic (exact) mass is 181 g/mol. The Kier molecular flexibility index (Phi) is 2.79. The van der Waals surface area contributed by atoms with Crippen LogP contribution in [0.5, 0.6) is 0 Å². The van der Waals surface area contributed by atoms with Gasteiger partial charge in [-0.15, -0.1) is 0 Å². The average Bonchev–Trinajstić information content (AvgIpc) is 1.91. The normalized spacial score (nSPS) is 9.44. The molecule has 1 aromatic heterocycles. The molecular weight excluding hydrogens is 173 g/mol. The molecule has 46 valence electrons. The fourth-order valence-corrected chi connectivity index (χ4v) is 1.14. The van der Waals surface area contributed by atoms with Crippen LogP contribution in [0.1, 0.15) is 5.69 Å². The van der Waals surface area contributed by atoms with E-state index in [1.54, 1.807) is 0 Å². The quantitative estimate of drug-likeness (QED) is 0.625. The van der Waals surface area contributed by atoms with Gasteiger partial charge in [-0.1, -0.05) is 0 Å². The Hall–Kier alpha value is -0.292. The predicted octanol–water partition coefficient (Wildman–Crippen LogP) is 1.21. The van der Waals surface area contributed by atoms with Gasteiger partial charge in [0.25, 0.3) is 0 Å². The van der Waals surface area contributed by atoms with Gasteiger partial charge < -0.3 is 0 Å². The van der Waals surface area contributed by atoms with Crippen LogP contribution < -0.4 is 0 Å². The van der Waals surface area contributed by atoms with E-state index in [9.17, 15) is 0 Å². The summed E-state index contributed by atoms with van der Waals surface area (Å²) in [4.78, 5) is 4.16. The van der Waals surface area contributed by atoms with Crippen molar-refractivity contribution in [2.75, 3.05) is 0 Å². The second-order valence-corrected chi connectivity index (χ2v) is 2.73. The first-order valence-electron chi connectivity index (χ1n) is 2.94. The van der Waals surface area contributed by atoms with E-state index >= 15 is 0 Å². The molecule has 1 heterocycles. The van der Waals surface area contributed by atoms with Crippen molar-refractivity contribution in [1.82, 2.24) is 4.98 Å². The van der Waals surface area contributed by atoms with Gasteiger partial charge >= 0.3 is 63.6 Å². The molecule has 1 aromatic rings. The van der Waals surface area contributed by atoms with Gasteiger partial charge in [-0.25, -0.2) is 0 Å². The van der Waals surface area contributed by atoms with Crippen molar-refractivity contribution in [2.24, 2.45) is 0 Å². The fraction of sp³-hybridized carbons (Fsp3) is 0.286. The van der Waals surface area contributed by atoms with E-state index in [0.29, 0.717) is 0 Å². The van der Waals surface area contributed by atoms with Crippen LogP contribution in [-0.2, 0) is 6.42 Å². The first kappa shape index (κ1) is 6.82. The average molecular weight is 181 g/mol. The van der Waals surface area contributed by atoms with Crippen LogP contribution in [0.4, 0.5) is 0 Å². The van der Waals surface area contributed by atoms with E-state index in [4.69, 9.17) is 0 Å². The van der Waals surface area contributed by atoms with Crippen LogP contribution in [0.25, 0.3) is 0 Å². The van der Waals surface area contributed by atoms with Gasteiger partial charge in [0.05, 0.1) is 0 Å². The number of aryl methyl sites for hydroxylation is 1. The van der Waals surface area contributed by atoms with Crippen molar-refractivity contribution >= 4 is 16.9 Å². The predicted molar refractivity (Wildman–Crippen MR) is 38.5 cm³/mol. The van der Waals surface area contributed by atoms with Crippen LogP contribution in [0, 0.1) is 0 Å². The van der Waals surface area contributed by atoms with E-state index in [0.717, 1.165) is 11.6 Å². The van der Waals surface area contributed by atoms with Gasteiger partial charge in [0, 0.05) is 0 Å². The van der Waals surface area contributed by atoms with E-state index < -0.39 is 0 Å². The minimum atomic E-state index is 1.07. The Labute approximate surface area is 64.0 Å². The zero-order valence-corrected chi connectivity index (χ0v) is 6.99. The molecule has 2 heteroatoms. The Bertz CT molecular complexity index is 162. The van der Waals surface area contributed by atoms with Crippen LogP contribution in [-0.4, -0.2) is 21.8 Å². The van der Waals surface area contributed by atoms with Crippen LogP contribution in [0.2, 0.25) is 5.21 Å². The number of aromatic nitrogens is 1. The van der Waals surface area contributed by atoms with Gasteiger partial charge in [0.2, 0.25) is 0 Å². The van der Waals surface area contributed by atoms with E-state index in [-0.39, 0.29) is 0 Å². The molecule has 0 saturated carbocycles. The van der Waals surface area contributed by atoms with Crippen molar-refractivity contribution in [1.29, 1.82) is 0 Å². The molecule has 0 saturated heterocycles. The molecule has 0 aliphatic heterocycles. The Morgan fingerprint density at radius 1 is 1.44 bits per heavy atom. The maximum atomic E-state index is 4.16. The van der Waals surface area contributed by atoms with Gasteiger partial charge in [0.1, 0.15) is 0 Å². The Balaban J connectivity index is 2.61. The van der Waals surface area contributed by atoms with Crippen molar-refractivity contribution in [2.45, 2.75) is 11.6 Å². The standard InChI is InChI=1S/C7H8AsN/c8-5-4-7-3-1-2-6-9-7/h1-3,6H,4-5H2. The molecule has 0 unspecified atom stereocenters. The molecule has 0 aliphatic rings. The van der Waals surface area contributed by atoms with E-state index in [1.165, 1.54) is 5.69 Å². The fourth-order valence-electron chi connectivity index (χ4n) is 0.661. The van der Waals surface area contributed by atoms with Crippen molar-refractivity contribution in [3.05, 3.63) is 30.1 Å². The maximum absolute atomic E-state index is 4.16. The summed E-state index contributed by atoms with van der Waals surface area (Å²) in [6.07, 6.45) is 2.90. The van der Waals surface area contributed by atoms with Gasteiger partial charge in [0.15, 0.2) is 0 Å². The summed E-state index contributed by atoms with van der Waals surface area (Å²) >= 11 is 2.56. The van der Waals surface area contributed by atoms with Crippen LogP contribution >= 0.6 is 0 Å². The molecule has 0 N–H and O–H groups in total. The molecule has 0 amide bonds. The second kappa shape index (κ2) is 3.68. The molecule has 0 aromatic carbocycles. The molecule has 9 heavy (non-hydrogen) atoms. The zero-order valence-electron chi connectivity index (χ0n) is 5.12. The summed E-state index contributed by atoms with van der Waals surface area (Å²) in [7, 11) is 0. The molecular formula is C7H8AsN. The third-order valence-electron chi connectivity index (χ3n) is 1.09. The number of nitrogens with zero attached hydrogens (tertiary/aromatic N) is 1. The third kappa shape index (κ3) is 2.19. The molecule has 0 aliphatic carbocycles. The Morgan fingerprint density at radius 3 is 2.89 bits per heavy atom. The molecule has 2 radical (unpaired) electrons. The SMILES string of the molecule is [As]CCc1ccccn1. The second-order valence-electron chi connectivity index (χ2n) is 1.79. The summed E-state index contributed by atoms with van der Waals surface area (Å²) in [6, 6.07) is 6.01. The van der Waals surface area contributed by atoms with Crippen molar-refractivity contribution in [3.8, 4) is 0 Å². The number of rotatable bonds is 2. The molecule has 1 rings (SSSR count). The molecule has 0 spiro atoms. The first-order valence-corrected chi connectivity index (χ1v) is 4.27. The summed E-state index contributed by atoms with van der Waals surface area (Å²) in [5.41, 5.74) is 1.18. The molecule has 0 fully saturated rings. The van der Waals surface area contributed by atoms with Crippen molar-refractivity contribution < 1.29 is 0 Å². The summed E-state index contributed by atoms with van der Waals surface area (Å²) in [5, 5.41) is 1.12. The molecule has 1 nitrogen and oxygen atoms in total. The van der Waals surface area contributed by atoms with Gasteiger partial charge in [-0.05, 0) is 0 Å². The molecule has 0 atom stereocenters. The van der Waals surface area contributed by atoms with Crippen molar-refractivity contribution in [3.63, 3.8) is 0 Å². The van der Waals surface area contributed by atoms with Crippen LogP contribution in [0.3, 0.4) is 0 Å². The van der Waals surface area contributed by atoms with Gasteiger partial charge in [-0.3, -0.25) is 0 Å². The molecule has 0 bridgehead atoms. The number of hydrogen-bond donors (Lipinski definition) is 0. The van der Waals surface area contributed by atoms with E-state index in [2.05, 4.69) is 21.8 Å². The third-order valence-corrected chi connectivity index (χ3v) is 1.56. The topological polar surface area (TPSA) is 12.9 Å².